The Morgan fingerprint density at radius 1 is 1.27 bits per heavy atom. The fourth-order valence-corrected chi connectivity index (χ4v) is 3.62. The summed E-state index contributed by atoms with van der Waals surface area (Å²) in [5, 5.41) is 0. The van der Waals surface area contributed by atoms with Crippen molar-refractivity contribution in [2.45, 2.75) is 31.6 Å². The van der Waals surface area contributed by atoms with Gasteiger partial charge in [0.15, 0.2) is 5.78 Å². The second-order valence-electron chi connectivity index (χ2n) is 6.12. The van der Waals surface area contributed by atoms with E-state index >= 15 is 0 Å². The van der Waals surface area contributed by atoms with Crippen LogP contribution in [0.25, 0.3) is 0 Å². The molecule has 1 heterocycles. The van der Waals surface area contributed by atoms with Gasteiger partial charge in [0.05, 0.1) is 11.6 Å². The van der Waals surface area contributed by atoms with Gasteiger partial charge in [0.2, 0.25) is 5.91 Å². The zero-order valence-electron chi connectivity index (χ0n) is 14.1. The average molecular weight is 388 g/mol. The Bertz CT molecular complexity index is 664. The number of hydrogen-bond donors (Lipinski definition) is 1. The van der Waals surface area contributed by atoms with Crippen LogP contribution in [0.2, 0.25) is 0 Å². The number of Topliss-reactive ketones (excluding diaryl/α,β-unsaturated/α-hetero) is 1. The maximum Gasteiger partial charge on any atom is 0.416 e. The van der Waals surface area contributed by atoms with Crippen molar-refractivity contribution in [2.24, 2.45) is 5.92 Å². The molecule has 2 rings (SSSR count). The molecule has 1 aromatic rings. The number of nitrogens with zero attached hydrogens (tertiary/aromatic N) is 1. The van der Waals surface area contributed by atoms with Gasteiger partial charge in [-0.1, -0.05) is 24.1 Å². The lowest BCUT2D eigenvalue weighted by Crippen LogP contribution is -2.36. The highest BCUT2D eigenvalue weighted by Gasteiger charge is 2.33. The van der Waals surface area contributed by atoms with Gasteiger partial charge in [-0.25, -0.2) is 0 Å². The molecule has 0 saturated carbocycles. The Morgan fingerprint density at radius 2 is 1.92 bits per heavy atom. The van der Waals surface area contributed by atoms with Crippen LogP contribution in [0.4, 0.5) is 13.2 Å². The lowest BCUT2D eigenvalue weighted by atomic mass is 9.97. The van der Waals surface area contributed by atoms with E-state index in [-0.39, 0.29) is 37.0 Å². The molecule has 9 heteroatoms. The number of carbonyl (C=O) groups excluding carboxylic acids is 3. The van der Waals surface area contributed by atoms with Gasteiger partial charge in [-0.3, -0.25) is 14.3 Å². The van der Waals surface area contributed by atoms with E-state index in [0.29, 0.717) is 11.3 Å². The Morgan fingerprint density at radius 3 is 2.50 bits per heavy atom. The van der Waals surface area contributed by atoms with Crippen molar-refractivity contribution < 1.29 is 27.6 Å². The molecule has 142 valence electrons. The SMILES string of the molecule is CN(Cc1ccc(C(F)(F)F)cc1)C(=O)CCC(=O)C1NSC[C@H]1C=O. The topological polar surface area (TPSA) is 66.5 Å². The summed E-state index contributed by atoms with van der Waals surface area (Å²) >= 11 is 1.31. The summed E-state index contributed by atoms with van der Waals surface area (Å²) in [7, 11) is 1.53. The molecule has 1 aliphatic rings. The Hall–Kier alpha value is -1.87. The monoisotopic (exact) mass is 388 g/mol. The minimum Gasteiger partial charge on any atom is -0.341 e. The second-order valence-corrected chi connectivity index (χ2v) is 6.97. The molecule has 1 unspecified atom stereocenters. The Balaban J connectivity index is 1.84. The summed E-state index contributed by atoms with van der Waals surface area (Å²) in [6, 6.07) is 4.03. The highest BCUT2D eigenvalue weighted by atomic mass is 32.2. The molecule has 2 atom stereocenters. The summed E-state index contributed by atoms with van der Waals surface area (Å²) < 4.78 is 40.5. The lowest BCUT2D eigenvalue weighted by Gasteiger charge is -2.18. The summed E-state index contributed by atoms with van der Waals surface area (Å²) in [6.45, 7) is 0.152. The van der Waals surface area contributed by atoms with Crippen molar-refractivity contribution in [1.29, 1.82) is 0 Å². The standard InChI is InChI=1S/C17H19F3N2O3S/c1-22(8-11-2-4-13(5-3-11)17(18,19)20)15(25)7-6-14(24)16-12(9-23)10-26-21-16/h2-5,9,12,16,21H,6-8,10H2,1H3/t12-,16?/m1/s1. The molecule has 5 nitrogen and oxygen atoms in total. The molecule has 0 radical (unpaired) electrons. The predicted molar refractivity (Wildman–Crippen MR) is 91.1 cm³/mol. The van der Waals surface area contributed by atoms with Crippen LogP contribution >= 0.6 is 11.9 Å². The van der Waals surface area contributed by atoms with Crippen molar-refractivity contribution in [1.82, 2.24) is 9.62 Å². The van der Waals surface area contributed by atoms with E-state index in [1.165, 1.54) is 36.0 Å². The van der Waals surface area contributed by atoms with Gasteiger partial charge in [-0.05, 0) is 17.7 Å². The largest absolute Gasteiger partial charge is 0.416 e. The summed E-state index contributed by atoms with van der Waals surface area (Å²) in [5.74, 6) is -0.329. The van der Waals surface area contributed by atoms with Gasteiger partial charge in [0.25, 0.3) is 0 Å². The fourth-order valence-electron chi connectivity index (χ4n) is 2.58. The van der Waals surface area contributed by atoms with Crippen LogP contribution in [0.1, 0.15) is 24.0 Å². The first-order valence-electron chi connectivity index (χ1n) is 7.98. The van der Waals surface area contributed by atoms with Crippen LogP contribution in [0, 0.1) is 5.92 Å². The minimum absolute atomic E-state index is 0.00953. The maximum atomic E-state index is 12.5. The molecule has 1 aromatic carbocycles. The molecule has 0 bridgehead atoms. The molecule has 1 saturated heterocycles. The Kier molecular flexibility index (Phi) is 6.82. The highest BCUT2D eigenvalue weighted by Crippen LogP contribution is 2.29. The van der Waals surface area contributed by atoms with Gasteiger partial charge < -0.3 is 9.69 Å². The third kappa shape index (κ3) is 5.31. The molecule has 1 aliphatic heterocycles. The number of halogens is 3. The predicted octanol–water partition coefficient (Wildman–Crippen LogP) is 2.45. The molecule has 0 spiro atoms. The van der Waals surface area contributed by atoms with E-state index in [0.717, 1.165) is 18.4 Å². The molecule has 1 N–H and O–H groups in total. The van der Waals surface area contributed by atoms with E-state index in [1.807, 2.05) is 0 Å². The molecular formula is C17H19F3N2O3S. The summed E-state index contributed by atoms with van der Waals surface area (Å²) in [6.07, 6.45) is -3.65. The van der Waals surface area contributed by atoms with Crippen molar-refractivity contribution in [2.75, 3.05) is 12.8 Å². The normalized spacial score (nSPS) is 20.0. The summed E-state index contributed by atoms with van der Waals surface area (Å²) in [4.78, 5) is 36.5. The van der Waals surface area contributed by atoms with Crippen LogP contribution in [0.15, 0.2) is 24.3 Å². The zero-order valence-corrected chi connectivity index (χ0v) is 14.9. The number of alkyl halides is 3. The van der Waals surface area contributed by atoms with Crippen LogP contribution < -0.4 is 4.72 Å². The van der Waals surface area contributed by atoms with Gasteiger partial charge in [-0.2, -0.15) is 13.2 Å². The third-order valence-corrected chi connectivity index (χ3v) is 5.12. The third-order valence-electron chi connectivity index (χ3n) is 4.15. The fraction of sp³-hybridized carbons (Fsp3) is 0.471. The van der Waals surface area contributed by atoms with Gasteiger partial charge in [0, 0.05) is 38.1 Å². The maximum absolute atomic E-state index is 12.5. The Labute approximate surface area is 153 Å². The summed E-state index contributed by atoms with van der Waals surface area (Å²) in [5.41, 5.74) is -0.178. The van der Waals surface area contributed by atoms with Crippen molar-refractivity contribution >= 4 is 29.9 Å². The number of ketones is 1. The first-order chi connectivity index (χ1) is 12.2. The van der Waals surface area contributed by atoms with Crippen LogP contribution in [0.5, 0.6) is 0 Å². The van der Waals surface area contributed by atoms with Crippen molar-refractivity contribution in [3.05, 3.63) is 35.4 Å². The van der Waals surface area contributed by atoms with E-state index in [9.17, 15) is 27.6 Å². The number of hydrogen-bond acceptors (Lipinski definition) is 5. The molecule has 1 amide bonds. The highest BCUT2D eigenvalue weighted by molar-refractivity contribution is 7.97. The second kappa shape index (κ2) is 8.68. The minimum atomic E-state index is -4.40. The molecule has 26 heavy (non-hydrogen) atoms. The van der Waals surface area contributed by atoms with E-state index < -0.39 is 17.8 Å². The molecule has 0 aromatic heterocycles. The number of carbonyl (C=O) groups is 3. The number of benzene rings is 1. The van der Waals surface area contributed by atoms with E-state index in [1.54, 1.807) is 0 Å². The lowest BCUT2D eigenvalue weighted by molar-refractivity contribution is -0.137. The smallest absolute Gasteiger partial charge is 0.341 e. The number of aldehydes is 1. The van der Waals surface area contributed by atoms with Gasteiger partial charge in [0.1, 0.15) is 6.29 Å². The van der Waals surface area contributed by atoms with Gasteiger partial charge in [-0.15, -0.1) is 0 Å². The number of nitrogens with one attached hydrogen (secondary N) is 1. The van der Waals surface area contributed by atoms with Crippen LogP contribution in [-0.2, 0) is 27.1 Å². The van der Waals surface area contributed by atoms with Crippen molar-refractivity contribution in [3.8, 4) is 0 Å². The molecule has 1 fully saturated rings. The molecule has 0 aliphatic carbocycles. The van der Waals surface area contributed by atoms with Crippen LogP contribution in [0.3, 0.4) is 0 Å². The zero-order chi connectivity index (χ0) is 19.3. The average Bonchev–Trinajstić information content (AvgIpc) is 3.07. The first-order valence-corrected chi connectivity index (χ1v) is 8.96. The van der Waals surface area contributed by atoms with Gasteiger partial charge >= 0.3 is 6.18 Å². The number of amides is 1. The molecular weight excluding hydrogens is 369 g/mol. The van der Waals surface area contributed by atoms with Crippen LogP contribution in [-0.4, -0.2) is 41.7 Å². The van der Waals surface area contributed by atoms with E-state index in [2.05, 4.69) is 4.72 Å². The van der Waals surface area contributed by atoms with Crippen molar-refractivity contribution in [3.63, 3.8) is 0 Å². The quantitative estimate of drug-likeness (QED) is 0.574. The van der Waals surface area contributed by atoms with E-state index in [4.69, 9.17) is 0 Å². The number of rotatable bonds is 7. The first kappa shape index (κ1) is 20.4.